The molecule has 0 radical (unpaired) electrons. The van der Waals surface area contributed by atoms with Crippen LogP contribution in [0.2, 0.25) is 0 Å². The SMILES string of the molecule is CCCC(C)(N)C(=O)N1CCN(Cc2nc(-c3cccs3)no2)CC1. The zero-order chi connectivity index (χ0) is 17.9. The number of rotatable bonds is 6. The van der Waals surface area contributed by atoms with Crippen molar-refractivity contribution in [2.24, 2.45) is 5.73 Å². The summed E-state index contributed by atoms with van der Waals surface area (Å²) in [5.74, 6) is 1.29. The smallest absolute Gasteiger partial charge is 0.242 e. The Labute approximate surface area is 151 Å². The predicted octanol–water partition coefficient (Wildman–Crippen LogP) is 1.96. The molecule has 3 rings (SSSR count). The Bertz CT molecular complexity index is 690. The van der Waals surface area contributed by atoms with Crippen molar-refractivity contribution in [3.8, 4) is 10.7 Å². The van der Waals surface area contributed by atoms with Crippen LogP contribution in [0, 0.1) is 0 Å². The molecule has 1 aliphatic heterocycles. The van der Waals surface area contributed by atoms with Gasteiger partial charge in [0.2, 0.25) is 17.6 Å². The fraction of sp³-hybridized carbons (Fsp3) is 0.588. The van der Waals surface area contributed by atoms with Gasteiger partial charge in [-0.2, -0.15) is 4.98 Å². The van der Waals surface area contributed by atoms with Crippen molar-refractivity contribution in [3.63, 3.8) is 0 Å². The molecule has 1 fully saturated rings. The van der Waals surface area contributed by atoms with Gasteiger partial charge >= 0.3 is 0 Å². The van der Waals surface area contributed by atoms with Crippen LogP contribution in [0.3, 0.4) is 0 Å². The number of nitrogens with two attached hydrogens (primary N) is 1. The van der Waals surface area contributed by atoms with Crippen LogP contribution >= 0.6 is 11.3 Å². The van der Waals surface area contributed by atoms with Crippen LogP contribution in [0.4, 0.5) is 0 Å². The first-order valence-corrected chi connectivity index (χ1v) is 9.54. The second-order valence-corrected chi connectivity index (χ2v) is 7.67. The molecule has 2 N–H and O–H groups in total. The number of hydrogen-bond acceptors (Lipinski definition) is 7. The van der Waals surface area contributed by atoms with E-state index in [0.29, 0.717) is 37.8 Å². The second kappa shape index (κ2) is 7.63. The van der Waals surface area contributed by atoms with Gasteiger partial charge in [-0.05, 0) is 24.8 Å². The van der Waals surface area contributed by atoms with Gasteiger partial charge in [-0.25, -0.2) is 0 Å². The van der Waals surface area contributed by atoms with Gasteiger partial charge in [-0.15, -0.1) is 11.3 Å². The fourth-order valence-corrected chi connectivity index (χ4v) is 3.76. The minimum atomic E-state index is -0.765. The van der Waals surface area contributed by atoms with Gasteiger partial charge in [0, 0.05) is 26.2 Å². The largest absolute Gasteiger partial charge is 0.339 e. The Balaban J connectivity index is 1.52. The lowest BCUT2D eigenvalue weighted by atomic mass is 9.95. The molecule has 0 bridgehead atoms. The van der Waals surface area contributed by atoms with E-state index in [1.165, 1.54) is 0 Å². The third-order valence-electron chi connectivity index (χ3n) is 4.49. The molecular weight excluding hydrogens is 338 g/mol. The highest BCUT2D eigenvalue weighted by Crippen LogP contribution is 2.22. The Kier molecular flexibility index (Phi) is 5.51. The van der Waals surface area contributed by atoms with Gasteiger partial charge in [-0.1, -0.05) is 24.6 Å². The number of carbonyl (C=O) groups is 1. The molecule has 1 atom stereocenters. The normalized spacial score (nSPS) is 18.3. The number of thiophene rings is 1. The Morgan fingerprint density at radius 1 is 1.40 bits per heavy atom. The van der Waals surface area contributed by atoms with Crippen LogP contribution in [-0.2, 0) is 11.3 Å². The van der Waals surface area contributed by atoms with Gasteiger partial charge in [-0.3, -0.25) is 9.69 Å². The van der Waals surface area contributed by atoms with E-state index in [2.05, 4.69) is 15.0 Å². The standard InChI is InChI=1S/C17H25N5O2S/c1-3-6-17(2,18)16(23)22-9-7-21(8-10-22)12-14-19-15(20-24-14)13-5-4-11-25-13/h4-5,11H,3,6-10,12,18H2,1-2H3. The molecule has 1 unspecified atom stereocenters. The molecule has 1 amide bonds. The second-order valence-electron chi connectivity index (χ2n) is 6.72. The van der Waals surface area contributed by atoms with Crippen LogP contribution < -0.4 is 5.73 Å². The van der Waals surface area contributed by atoms with Crippen molar-refractivity contribution in [1.82, 2.24) is 19.9 Å². The number of piperazine rings is 1. The molecule has 2 aromatic rings. The average molecular weight is 363 g/mol. The lowest BCUT2D eigenvalue weighted by Crippen LogP contribution is -2.58. The molecule has 8 heteroatoms. The van der Waals surface area contributed by atoms with E-state index >= 15 is 0 Å². The summed E-state index contributed by atoms with van der Waals surface area (Å²) in [6, 6.07) is 3.94. The highest BCUT2D eigenvalue weighted by Gasteiger charge is 2.33. The lowest BCUT2D eigenvalue weighted by molar-refractivity contribution is -0.138. The molecule has 0 saturated carbocycles. The summed E-state index contributed by atoms with van der Waals surface area (Å²) < 4.78 is 5.36. The highest BCUT2D eigenvalue weighted by molar-refractivity contribution is 7.13. The number of aromatic nitrogens is 2. The van der Waals surface area contributed by atoms with Gasteiger partial charge in [0.15, 0.2) is 0 Å². The summed E-state index contributed by atoms with van der Waals surface area (Å²) in [7, 11) is 0. The van der Waals surface area contributed by atoms with Crippen molar-refractivity contribution in [2.45, 2.75) is 38.8 Å². The zero-order valence-corrected chi connectivity index (χ0v) is 15.6. The molecule has 0 aliphatic carbocycles. The van der Waals surface area contributed by atoms with Crippen LogP contribution in [-0.4, -0.2) is 57.6 Å². The maximum atomic E-state index is 12.6. The minimum Gasteiger partial charge on any atom is -0.339 e. The summed E-state index contributed by atoms with van der Waals surface area (Å²) in [5, 5.41) is 6.03. The minimum absolute atomic E-state index is 0.0479. The van der Waals surface area contributed by atoms with E-state index in [1.807, 2.05) is 36.3 Å². The molecular formula is C17H25N5O2S. The molecule has 0 aromatic carbocycles. The van der Waals surface area contributed by atoms with Gasteiger partial charge in [0.1, 0.15) is 0 Å². The van der Waals surface area contributed by atoms with Gasteiger partial charge in [0.25, 0.3) is 0 Å². The topological polar surface area (TPSA) is 88.5 Å². The Hall–Kier alpha value is -1.77. The van der Waals surface area contributed by atoms with Crippen molar-refractivity contribution in [2.75, 3.05) is 26.2 Å². The molecule has 136 valence electrons. The number of hydrogen-bond donors (Lipinski definition) is 1. The Morgan fingerprint density at radius 2 is 2.16 bits per heavy atom. The van der Waals surface area contributed by atoms with E-state index in [1.54, 1.807) is 11.3 Å². The number of carbonyl (C=O) groups excluding carboxylic acids is 1. The summed E-state index contributed by atoms with van der Waals surface area (Å²) in [6.45, 7) is 7.41. The molecule has 7 nitrogen and oxygen atoms in total. The lowest BCUT2D eigenvalue weighted by Gasteiger charge is -2.38. The van der Waals surface area contributed by atoms with Crippen LogP contribution in [0.1, 0.15) is 32.6 Å². The predicted molar refractivity (Wildman–Crippen MR) is 97.0 cm³/mol. The van der Waals surface area contributed by atoms with Crippen molar-refractivity contribution in [1.29, 1.82) is 0 Å². The molecule has 1 saturated heterocycles. The molecule has 1 aliphatic rings. The Morgan fingerprint density at radius 3 is 2.80 bits per heavy atom. The molecule has 25 heavy (non-hydrogen) atoms. The monoisotopic (exact) mass is 363 g/mol. The van der Waals surface area contributed by atoms with Crippen LogP contribution in [0.15, 0.2) is 22.0 Å². The van der Waals surface area contributed by atoms with E-state index in [9.17, 15) is 4.79 Å². The van der Waals surface area contributed by atoms with Crippen molar-refractivity contribution in [3.05, 3.63) is 23.4 Å². The average Bonchev–Trinajstić information content (AvgIpc) is 3.26. The first kappa shape index (κ1) is 18.0. The zero-order valence-electron chi connectivity index (χ0n) is 14.8. The van der Waals surface area contributed by atoms with E-state index in [-0.39, 0.29) is 5.91 Å². The summed E-state index contributed by atoms with van der Waals surface area (Å²) in [4.78, 5) is 22.1. The molecule has 2 aromatic heterocycles. The van der Waals surface area contributed by atoms with Crippen LogP contribution in [0.25, 0.3) is 10.7 Å². The van der Waals surface area contributed by atoms with E-state index in [4.69, 9.17) is 10.3 Å². The highest BCUT2D eigenvalue weighted by atomic mass is 32.1. The number of nitrogens with zero attached hydrogens (tertiary/aromatic N) is 4. The summed E-state index contributed by atoms with van der Waals surface area (Å²) >= 11 is 1.59. The quantitative estimate of drug-likeness (QED) is 0.844. The summed E-state index contributed by atoms with van der Waals surface area (Å²) in [5.41, 5.74) is 5.41. The van der Waals surface area contributed by atoms with Gasteiger partial charge in [0.05, 0.1) is 17.0 Å². The fourth-order valence-electron chi connectivity index (χ4n) is 3.11. The van der Waals surface area contributed by atoms with Gasteiger partial charge < -0.3 is 15.2 Å². The number of amides is 1. The molecule has 0 spiro atoms. The van der Waals surface area contributed by atoms with E-state index in [0.717, 1.165) is 24.4 Å². The first-order chi connectivity index (χ1) is 12.0. The third-order valence-corrected chi connectivity index (χ3v) is 5.35. The van der Waals surface area contributed by atoms with E-state index < -0.39 is 5.54 Å². The maximum absolute atomic E-state index is 12.6. The van der Waals surface area contributed by atoms with Crippen molar-refractivity contribution < 1.29 is 9.32 Å². The van der Waals surface area contributed by atoms with Crippen molar-refractivity contribution >= 4 is 17.2 Å². The first-order valence-electron chi connectivity index (χ1n) is 8.66. The summed E-state index contributed by atoms with van der Waals surface area (Å²) in [6.07, 6.45) is 1.61. The third kappa shape index (κ3) is 4.26. The maximum Gasteiger partial charge on any atom is 0.242 e. The molecule has 3 heterocycles. The van der Waals surface area contributed by atoms with Crippen LogP contribution in [0.5, 0.6) is 0 Å².